The van der Waals surface area contributed by atoms with Gasteiger partial charge < -0.3 is 20.3 Å². The number of hydrogen-bond acceptors (Lipinski definition) is 10. The lowest BCUT2D eigenvalue weighted by atomic mass is 9.92. The van der Waals surface area contributed by atoms with E-state index in [9.17, 15) is 10.1 Å². The number of piperidine rings is 1. The lowest BCUT2D eigenvalue weighted by Gasteiger charge is -2.37. The molecule has 2 N–H and O–H groups in total. The number of hydrogen-bond donors (Lipinski definition) is 2. The predicted molar refractivity (Wildman–Crippen MR) is 149 cm³/mol. The molecule has 12 heteroatoms. The van der Waals surface area contributed by atoms with Crippen molar-refractivity contribution in [3.8, 4) is 28.0 Å². The largest absolute Gasteiger partial charge is 0.453 e. The number of nitrogens with zero attached hydrogens (tertiary/aromatic N) is 7. The van der Waals surface area contributed by atoms with E-state index < -0.39 is 0 Å². The van der Waals surface area contributed by atoms with E-state index in [0.717, 1.165) is 64.2 Å². The highest BCUT2D eigenvalue weighted by Crippen LogP contribution is 2.41. The van der Waals surface area contributed by atoms with Crippen molar-refractivity contribution in [2.24, 2.45) is 11.8 Å². The normalized spacial score (nSPS) is 20.3. The smallest absolute Gasteiger partial charge is 0.407 e. The van der Waals surface area contributed by atoms with Gasteiger partial charge in [0.2, 0.25) is 5.13 Å². The highest BCUT2D eigenvalue weighted by molar-refractivity contribution is 7.18. The van der Waals surface area contributed by atoms with Crippen LogP contribution >= 0.6 is 11.3 Å². The second-order valence-electron chi connectivity index (χ2n) is 10.4. The lowest BCUT2D eigenvalue weighted by molar-refractivity contribution is 0.157. The number of rotatable bonds is 6. The molecule has 2 atom stereocenters. The Morgan fingerprint density at radius 2 is 1.97 bits per heavy atom. The Hall–Kier alpha value is -4.24. The Kier molecular flexibility index (Phi) is 6.52. The summed E-state index contributed by atoms with van der Waals surface area (Å²) < 4.78 is 6.62. The van der Waals surface area contributed by atoms with Gasteiger partial charge in [-0.3, -0.25) is 4.98 Å². The number of methoxy groups -OCH3 is 1. The molecule has 1 saturated carbocycles. The number of alkyl carbamates (subject to hydrolysis) is 1. The van der Waals surface area contributed by atoms with Crippen LogP contribution < -0.4 is 15.5 Å². The number of aromatic nitrogens is 5. The number of pyridine rings is 1. The van der Waals surface area contributed by atoms with E-state index in [1.165, 1.54) is 7.11 Å². The highest BCUT2D eigenvalue weighted by Gasteiger charge is 2.43. The monoisotopic (exact) mass is 543 g/mol. The number of ether oxygens (including phenoxy) is 1. The molecule has 1 saturated heterocycles. The van der Waals surface area contributed by atoms with E-state index in [2.05, 4.69) is 50.7 Å². The van der Waals surface area contributed by atoms with Gasteiger partial charge in [-0.1, -0.05) is 11.3 Å². The minimum Gasteiger partial charge on any atom is -0.453 e. The summed E-state index contributed by atoms with van der Waals surface area (Å²) in [4.78, 5) is 18.9. The van der Waals surface area contributed by atoms with Gasteiger partial charge in [-0.05, 0) is 62.8 Å². The maximum atomic E-state index is 11.8. The summed E-state index contributed by atoms with van der Waals surface area (Å²) in [5, 5.41) is 31.0. The maximum Gasteiger partial charge on any atom is 0.407 e. The quantitative estimate of drug-likeness (QED) is 0.367. The van der Waals surface area contributed by atoms with Crippen LogP contribution in [0.1, 0.15) is 32.3 Å². The van der Waals surface area contributed by atoms with Crippen molar-refractivity contribution in [1.82, 2.24) is 30.1 Å². The van der Waals surface area contributed by atoms with E-state index in [-0.39, 0.29) is 18.2 Å². The molecule has 5 heterocycles. The summed E-state index contributed by atoms with van der Waals surface area (Å²) in [5.74, 6) is 0.730. The van der Waals surface area contributed by atoms with Crippen molar-refractivity contribution < 1.29 is 9.53 Å². The van der Waals surface area contributed by atoms with E-state index in [4.69, 9.17) is 9.72 Å². The van der Waals surface area contributed by atoms with Crippen molar-refractivity contribution >= 4 is 33.8 Å². The van der Waals surface area contributed by atoms with Crippen molar-refractivity contribution in [2.75, 3.05) is 30.4 Å². The zero-order valence-electron chi connectivity index (χ0n) is 22.0. The van der Waals surface area contributed by atoms with Crippen LogP contribution in [0.3, 0.4) is 0 Å². The molecule has 0 spiro atoms. The average Bonchev–Trinajstić information content (AvgIpc) is 3.64. The molecular weight excluding hydrogens is 514 g/mol. The standard InChI is InChI=1S/C27H29N9O2S/c1-15(2)31-21-9-22(23-7-6-19-8-16(10-28)11-30-36(19)23)29-12-20(21)25-33-34-26(39-25)35-13-17-4-5-18(14-35)24(17)32-27(37)38-3/h6-9,11-12,15,17-18,24H,4-5,13-14H2,1-3H3,(H,29,31)(H,32,37). The molecule has 2 aliphatic rings. The molecule has 39 heavy (non-hydrogen) atoms. The van der Waals surface area contributed by atoms with Gasteiger partial charge in [-0.25, -0.2) is 9.31 Å². The fourth-order valence-corrected chi connectivity index (χ4v) is 6.60. The van der Waals surface area contributed by atoms with Gasteiger partial charge in [-0.15, -0.1) is 10.2 Å². The van der Waals surface area contributed by atoms with Gasteiger partial charge in [-0.2, -0.15) is 10.4 Å². The Labute approximate surface area is 229 Å². The van der Waals surface area contributed by atoms with Crippen molar-refractivity contribution in [3.63, 3.8) is 0 Å². The zero-order chi connectivity index (χ0) is 27.1. The summed E-state index contributed by atoms with van der Waals surface area (Å²) in [6.45, 7) is 5.84. The Balaban J connectivity index is 1.27. The first-order valence-electron chi connectivity index (χ1n) is 13.0. The fraction of sp³-hybridized carbons (Fsp3) is 0.407. The van der Waals surface area contributed by atoms with Gasteiger partial charge in [0.15, 0.2) is 5.01 Å². The van der Waals surface area contributed by atoms with Crippen molar-refractivity contribution in [2.45, 2.75) is 38.8 Å². The summed E-state index contributed by atoms with van der Waals surface area (Å²) in [5.41, 5.74) is 4.76. The summed E-state index contributed by atoms with van der Waals surface area (Å²) in [7, 11) is 1.40. The van der Waals surface area contributed by atoms with Crippen LogP contribution in [-0.2, 0) is 4.74 Å². The first-order valence-corrected chi connectivity index (χ1v) is 13.8. The zero-order valence-corrected chi connectivity index (χ0v) is 22.8. The van der Waals surface area contributed by atoms with Crippen LogP contribution in [0.4, 0.5) is 15.6 Å². The molecule has 1 amide bonds. The molecule has 6 rings (SSSR count). The summed E-state index contributed by atoms with van der Waals surface area (Å²) >= 11 is 1.56. The van der Waals surface area contributed by atoms with Gasteiger partial charge in [0.1, 0.15) is 6.07 Å². The first kappa shape index (κ1) is 25.1. The van der Waals surface area contributed by atoms with Crippen LogP contribution in [0.2, 0.25) is 0 Å². The first-order chi connectivity index (χ1) is 18.9. The topological polar surface area (TPSA) is 133 Å². The molecule has 0 aromatic carbocycles. The van der Waals surface area contributed by atoms with Crippen LogP contribution in [0.5, 0.6) is 0 Å². The molecule has 1 aliphatic carbocycles. The number of carbonyl (C=O) groups excluding carboxylic acids is 1. The van der Waals surface area contributed by atoms with Crippen LogP contribution in [0.25, 0.3) is 27.5 Å². The molecule has 11 nitrogen and oxygen atoms in total. The molecule has 4 aromatic rings. The minimum absolute atomic E-state index is 0.144. The number of carbonyl (C=O) groups is 1. The Morgan fingerprint density at radius 3 is 2.69 bits per heavy atom. The number of anilines is 2. The summed E-state index contributed by atoms with van der Waals surface area (Å²) in [6.07, 6.45) is 5.19. The lowest BCUT2D eigenvalue weighted by Crippen LogP contribution is -2.52. The molecule has 2 unspecified atom stereocenters. The molecule has 4 aromatic heterocycles. The molecule has 0 radical (unpaired) electrons. The Bertz CT molecular complexity index is 1560. The van der Waals surface area contributed by atoms with Crippen molar-refractivity contribution in [1.29, 1.82) is 5.26 Å². The van der Waals surface area contributed by atoms with Gasteiger partial charge in [0.05, 0.1) is 41.3 Å². The van der Waals surface area contributed by atoms with E-state index >= 15 is 0 Å². The van der Waals surface area contributed by atoms with Crippen LogP contribution in [-0.4, -0.2) is 63.2 Å². The third-order valence-corrected chi connectivity index (χ3v) is 8.48. The number of amides is 1. The molecule has 200 valence electrons. The highest BCUT2D eigenvalue weighted by atomic mass is 32.1. The maximum absolute atomic E-state index is 11.8. The van der Waals surface area contributed by atoms with E-state index in [0.29, 0.717) is 17.4 Å². The third kappa shape index (κ3) is 4.74. The molecule has 2 bridgehead atoms. The van der Waals surface area contributed by atoms with Crippen LogP contribution in [0, 0.1) is 23.2 Å². The molecule has 1 aliphatic heterocycles. The van der Waals surface area contributed by atoms with Gasteiger partial charge in [0.25, 0.3) is 0 Å². The van der Waals surface area contributed by atoms with E-state index in [1.807, 2.05) is 24.4 Å². The number of nitrogens with one attached hydrogen (secondary N) is 2. The van der Waals surface area contributed by atoms with Gasteiger partial charge in [0, 0.05) is 37.1 Å². The predicted octanol–water partition coefficient (Wildman–Crippen LogP) is 4.18. The summed E-state index contributed by atoms with van der Waals surface area (Å²) in [6, 6.07) is 10.2. The number of nitriles is 1. The Morgan fingerprint density at radius 1 is 1.18 bits per heavy atom. The second-order valence-corrected chi connectivity index (χ2v) is 11.3. The van der Waals surface area contributed by atoms with Gasteiger partial charge >= 0.3 is 6.09 Å². The van der Waals surface area contributed by atoms with Crippen LogP contribution in [0.15, 0.2) is 36.7 Å². The average molecular weight is 544 g/mol. The van der Waals surface area contributed by atoms with Crippen molar-refractivity contribution in [3.05, 3.63) is 42.2 Å². The van der Waals surface area contributed by atoms with E-state index in [1.54, 1.807) is 28.1 Å². The molecule has 2 fully saturated rings. The number of fused-ring (bicyclic) bond motifs is 3. The fourth-order valence-electron chi connectivity index (χ4n) is 5.71. The SMILES string of the molecule is COC(=O)NC1C2CCC1CN(c1nnc(-c3cnc(-c4ccc5cc(C#N)cnn45)cc3NC(C)C)s1)C2. The minimum atomic E-state index is -0.361. The molecular formula is C27H29N9O2S. The third-order valence-electron chi connectivity index (χ3n) is 7.46. The second kappa shape index (κ2) is 10.1.